The lowest BCUT2D eigenvalue weighted by Crippen LogP contribution is -2.22. The second-order valence-electron chi connectivity index (χ2n) is 6.35. The lowest BCUT2D eigenvalue weighted by molar-refractivity contribution is -0.119. The maximum Gasteiger partial charge on any atom is 0.338 e. The van der Waals surface area contributed by atoms with Gasteiger partial charge in [0.1, 0.15) is 13.2 Å². The van der Waals surface area contributed by atoms with Gasteiger partial charge in [0.25, 0.3) is 5.91 Å². The molecule has 30 heavy (non-hydrogen) atoms. The third-order valence-corrected chi connectivity index (χ3v) is 4.33. The molecular formula is C21H21NO8. The number of amides is 1. The Kier molecular flexibility index (Phi) is 6.41. The van der Waals surface area contributed by atoms with Gasteiger partial charge < -0.3 is 29.0 Å². The first kappa shape index (κ1) is 21.0. The Morgan fingerprint density at radius 1 is 1.00 bits per heavy atom. The first-order valence-electron chi connectivity index (χ1n) is 9.06. The van der Waals surface area contributed by atoms with Gasteiger partial charge in [-0.15, -0.1) is 0 Å². The van der Waals surface area contributed by atoms with Crippen LogP contribution in [-0.4, -0.2) is 51.9 Å². The molecule has 0 aromatic heterocycles. The molecular weight excluding hydrogens is 394 g/mol. The molecule has 0 saturated heterocycles. The summed E-state index contributed by atoms with van der Waals surface area (Å²) in [6.07, 6.45) is 0. The van der Waals surface area contributed by atoms with Crippen molar-refractivity contribution in [3.05, 3.63) is 47.0 Å². The van der Waals surface area contributed by atoms with E-state index in [1.54, 1.807) is 19.1 Å². The lowest BCUT2D eigenvalue weighted by atomic mass is 10.1. The highest BCUT2D eigenvalue weighted by Crippen LogP contribution is 2.40. The molecule has 1 aliphatic rings. The van der Waals surface area contributed by atoms with Crippen LogP contribution in [0, 0.1) is 6.92 Å². The molecule has 158 valence electrons. The van der Waals surface area contributed by atoms with Gasteiger partial charge in [0.2, 0.25) is 5.75 Å². The largest absolute Gasteiger partial charge is 0.493 e. The van der Waals surface area contributed by atoms with Gasteiger partial charge in [-0.1, -0.05) is 6.07 Å². The van der Waals surface area contributed by atoms with Crippen LogP contribution in [0.25, 0.3) is 0 Å². The maximum atomic E-state index is 12.4. The second kappa shape index (κ2) is 9.17. The van der Waals surface area contributed by atoms with Crippen LogP contribution in [0.15, 0.2) is 30.3 Å². The third-order valence-electron chi connectivity index (χ3n) is 4.33. The van der Waals surface area contributed by atoms with E-state index in [1.165, 1.54) is 32.4 Å². The lowest BCUT2D eigenvalue weighted by Gasteiger charge is -2.21. The second-order valence-corrected chi connectivity index (χ2v) is 6.35. The van der Waals surface area contributed by atoms with Crippen molar-refractivity contribution in [2.75, 3.05) is 39.4 Å². The van der Waals surface area contributed by atoms with Crippen molar-refractivity contribution in [2.45, 2.75) is 6.92 Å². The molecule has 1 N–H and O–H groups in total. The van der Waals surface area contributed by atoms with Gasteiger partial charge in [-0.25, -0.2) is 9.59 Å². The van der Waals surface area contributed by atoms with E-state index in [1.807, 2.05) is 0 Å². The highest BCUT2D eigenvalue weighted by Gasteiger charge is 2.22. The fourth-order valence-corrected chi connectivity index (χ4v) is 2.79. The molecule has 9 nitrogen and oxygen atoms in total. The molecule has 0 atom stereocenters. The van der Waals surface area contributed by atoms with Crippen molar-refractivity contribution in [3.8, 4) is 17.2 Å². The summed E-state index contributed by atoms with van der Waals surface area (Å²) in [4.78, 5) is 36.3. The van der Waals surface area contributed by atoms with E-state index in [4.69, 9.17) is 18.9 Å². The smallest absolute Gasteiger partial charge is 0.338 e. The number of aryl methyl sites for hydroxylation is 1. The van der Waals surface area contributed by atoms with Crippen LogP contribution in [0.1, 0.15) is 26.3 Å². The number of nitrogens with one attached hydrogen (secondary N) is 1. The molecule has 0 unspecified atom stereocenters. The van der Waals surface area contributed by atoms with Crippen LogP contribution in [-0.2, 0) is 14.3 Å². The average molecular weight is 415 g/mol. The number of hydrogen-bond donors (Lipinski definition) is 1. The summed E-state index contributed by atoms with van der Waals surface area (Å²) in [5.74, 6) is -0.687. The van der Waals surface area contributed by atoms with Crippen LogP contribution in [0.4, 0.5) is 5.69 Å². The zero-order chi connectivity index (χ0) is 21.7. The van der Waals surface area contributed by atoms with Crippen molar-refractivity contribution < 1.29 is 38.1 Å². The van der Waals surface area contributed by atoms with Crippen molar-refractivity contribution in [1.82, 2.24) is 0 Å². The van der Waals surface area contributed by atoms with E-state index in [9.17, 15) is 14.4 Å². The number of rotatable bonds is 6. The third kappa shape index (κ3) is 4.62. The Labute approximate surface area is 172 Å². The van der Waals surface area contributed by atoms with E-state index in [0.717, 1.165) is 5.56 Å². The molecule has 2 aromatic rings. The van der Waals surface area contributed by atoms with Gasteiger partial charge in [-0.05, 0) is 36.8 Å². The van der Waals surface area contributed by atoms with E-state index < -0.39 is 24.5 Å². The number of fused-ring (bicyclic) bond motifs is 1. The summed E-state index contributed by atoms with van der Waals surface area (Å²) in [7, 11) is 2.72. The van der Waals surface area contributed by atoms with E-state index in [-0.39, 0.29) is 5.56 Å². The molecule has 2 aromatic carbocycles. The Bertz CT molecular complexity index is 968. The normalized spacial score (nSPS) is 12.0. The van der Waals surface area contributed by atoms with Crippen LogP contribution >= 0.6 is 0 Å². The zero-order valence-corrected chi connectivity index (χ0v) is 16.8. The maximum absolute atomic E-state index is 12.4. The first-order valence-corrected chi connectivity index (χ1v) is 9.06. The molecule has 1 amide bonds. The highest BCUT2D eigenvalue weighted by molar-refractivity contribution is 5.98. The van der Waals surface area contributed by atoms with Crippen LogP contribution in [0.3, 0.4) is 0 Å². The van der Waals surface area contributed by atoms with Crippen molar-refractivity contribution in [2.24, 2.45) is 0 Å². The van der Waals surface area contributed by atoms with Gasteiger partial charge >= 0.3 is 11.9 Å². The fourth-order valence-electron chi connectivity index (χ4n) is 2.79. The number of carbonyl (C=O) groups is 3. The molecule has 0 spiro atoms. The zero-order valence-electron chi connectivity index (χ0n) is 16.8. The predicted molar refractivity (Wildman–Crippen MR) is 105 cm³/mol. The number of benzene rings is 2. The number of ether oxygens (including phenoxy) is 5. The minimum atomic E-state index is -0.722. The van der Waals surface area contributed by atoms with Gasteiger partial charge in [0, 0.05) is 5.69 Å². The summed E-state index contributed by atoms with van der Waals surface area (Å²) in [5, 5.41) is 2.62. The molecule has 0 fully saturated rings. The summed E-state index contributed by atoms with van der Waals surface area (Å²) in [5.41, 5.74) is 1.60. The molecule has 1 heterocycles. The van der Waals surface area contributed by atoms with Gasteiger partial charge in [-0.3, -0.25) is 4.79 Å². The van der Waals surface area contributed by atoms with Crippen molar-refractivity contribution >= 4 is 23.5 Å². The van der Waals surface area contributed by atoms with E-state index in [0.29, 0.717) is 41.7 Å². The molecule has 0 saturated carbocycles. The Balaban J connectivity index is 1.65. The number of hydrogen-bond acceptors (Lipinski definition) is 8. The van der Waals surface area contributed by atoms with Gasteiger partial charge in [0.05, 0.1) is 25.3 Å². The molecule has 0 bridgehead atoms. The first-order chi connectivity index (χ1) is 14.4. The number of esters is 2. The Morgan fingerprint density at radius 2 is 1.77 bits per heavy atom. The molecule has 0 aliphatic carbocycles. The summed E-state index contributed by atoms with van der Waals surface area (Å²) >= 11 is 0. The molecule has 1 aliphatic heterocycles. The van der Waals surface area contributed by atoms with Crippen LogP contribution in [0.5, 0.6) is 17.2 Å². The molecule has 0 radical (unpaired) electrons. The quantitative estimate of drug-likeness (QED) is 0.716. The standard InChI is InChI=1S/C21H21NO8/c1-12-4-5-13(20(24)27-3)8-15(12)22-18(23)11-30-21(25)14-9-16(26-2)19-17(10-14)28-6-7-29-19/h4-5,8-10H,6-7,11H2,1-3H3,(H,22,23). The van der Waals surface area contributed by atoms with Gasteiger partial charge in [-0.2, -0.15) is 0 Å². The van der Waals surface area contributed by atoms with Crippen LogP contribution in [0.2, 0.25) is 0 Å². The Hall–Kier alpha value is -3.75. The minimum Gasteiger partial charge on any atom is -0.493 e. The number of carbonyl (C=O) groups excluding carboxylic acids is 3. The Morgan fingerprint density at radius 3 is 2.50 bits per heavy atom. The monoisotopic (exact) mass is 415 g/mol. The van der Waals surface area contributed by atoms with Gasteiger partial charge in [0.15, 0.2) is 18.1 Å². The highest BCUT2D eigenvalue weighted by atomic mass is 16.6. The predicted octanol–water partition coefficient (Wildman–Crippen LogP) is 2.36. The van der Waals surface area contributed by atoms with Crippen LogP contribution < -0.4 is 19.5 Å². The SMILES string of the molecule is COC(=O)c1ccc(C)c(NC(=O)COC(=O)c2cc(OC)c3c(c2)OCCO3)c1. The molecule has 9 heteroatoms. The summed E-state index contributed by atoms with van der Waals surface area (Å²) in [6, 6.07) is 7.69. The topological polar surface area (TPSA) is 109 Å². The van der Waals surface area contributed by atoms with E-state index >= 15 is 0 Å². The fraction of sp³-hybridized carbons (Fsp3) is 0.286. The minimum absolute atomic E-state index is 0.160. The van der Waals surface area contributed by atoms with Crippen molar-refractivity contribution in [3.63, 3.8) is 0 Å². The number of methoxy groups -OCH3 is 2. The number of anilines is 1. The van der Waals surface area contributed by atoms with Crippen molar-refractivity contribution in [1.29, 1.82) is 0 Å². The molecule has 3 rings (SSSR count). The average Bonchev–Trinajstić information content (AvgIpc) is 2.77. The summed E-state index contributed by atoms with van der Waals surface area (Å²) < 4.78 is 26.0. The van der Waals surface area contributed by atoms with E-state index in [2.05, 4.69) is 10.1 Å². The summed E-state index contributed by atoms with van der Waals surface area (Å²) in [6.45, 7) is 1.98.